The molecule has 0 bridgehead atoms. The summed E-state index contributed by atoms with van der Waals surface area (Å²) in [6.07, 6.45) is 1.98. The maximum absolute atomic E-state index is 12.6. The Morgan fingerprint density at radius 1 is 1.24 bits per heavy atom. The van der Waals surface area contributed by atoms with Gasteiger partial charge < -0.3 is 15.0 Å². The zero-order chi connectivity index (χ0) is 24.3. The van der Waals surface area contributed by atoms with Crippen LogP contribution in [0.1, 0.15) is 34.9 Å². The van der Waals surface area contributed by atoms with Gasteiger partial charge in [0, 0.05) is 55.3 Å². The van der Waals surface area contributed by atoms with Crippen LogP contribution in [0, 0.1) is 0 Å². The first-order valence-corrected chi connectivity index (χ1v) is 13.4. The van der Waals surface area contributed by atoms with Crippen LogP contribution in [0.4, 0.5) is 0 Å². The molecule has 0 saturated carbocycles. The van der Waals surface area contributed by atoms with E-state index in [1.54, 1.807) is 23.2 Å². The molecule has 3 heterocycles. The van der Waals surface area contributed by atoms with E-state index in [-0.39, 0.29) is 16.9 Å². The Morgan fingerprint density at radius 2 is 2.00 bits per heavy atom. The first kappa shape index (κ1) is 24.3. The van der Waals surface area contributed by atoms with Gasteiger partial charge in [-0.15, -0.1) is 11.3 Å². The van der Waals surface area contributed by atoms with E-state index in [9.17, 15) is 13.2 Å². The van der Waals surface area contributed by atoms with Gasteiger partial charge in [-0.2, -0.15) is 0 Å². The third kappa shape index (κ3) is 5.79. The number of piperazine rings is 1. The number of sulfonamides is 1. The molecular weight excluding hydrogens is 474 g/mol. The Balaban J connectivity index is 1.53. The molecule has 1 fully saturated rings. The summed E-state index contributed by atoms with van der Waals surface area (Å²) >= 11 is 1.46. The normalized spacial score (nSPS) is 14.4. The average molecular weight is 502 g/mol. The van der Waals surface area contributed by atoms with Crippen molar-refractivity contribution < 1.29 is 17.9 Å². The first-order valence-electron chi connectivity index (χ1n) is 10.9. The Labute approximate surface area is 203 Å². The van der Waals surface area contributed by atoms with Crippen molar-refractivity contribution in [3.63, 3.8) is 0 Å². The Hall–Kier alpha value is -2.86. The lowest BCUT2D eigenvalue weighted by atomic mass is 10.1. The second-order valence-electron chi connectivity index (χ2n) is 8.26. The minimum absolute atomic E-state index is 0.0318. The highest BCUT2D eigenvalue weighted by molar-refractivity contribution is 7.89. The highest BCUT2D eigenvalue weighted by Crippen LogP contribution is 2.29. The molecule has 0 spiro atoms. The van der Waals surface area contributed by atoms with E-state index in [4.69, 9.17) is 14.9 Å². The van der Waals surface area contributed by atoms with Crippen molar-refractivity contribution in [2.45, 2.75) is 31.3 Å². The van der Waals surface area contributed by atoms with Gasteiger partial charge in [-0.1, -0.05) is 0 Å². The molecule has 0 aliphatic carbocycles. The van der Waals surface area contributed by atoms with Crippen LogP contribution in [0.2, 0.25) is 0 Å². The number of nitrogens with two attached hydrogens (primary N) is 1. The zero-order valence-electron chi connectivity index (χ0n) is 19.0. The van der Waals surface area contributed by atoms with E-state index in [2.05, 4.69) is 10.3 Å². The number of amides is 1. The number of primary sulfonamides is 1. The third-order valence-electron chi connectivity index (χ3n) is 5.30. The van der Waals surface area contributed by atoms with E-state index in [1.165, 1.54) is 23.5 Å². The van der Waals surface area contributed by atoms with E-state index in [1.807, 2.05) is 25.3 Å². The van der Waals surface area contributed by atoms with Crippen LogP contribution in [0.15, 0.2) is 46.8 Å². The first-order chi connectivity index (χ1) is 16.2. The molecule has 9 nitrogen and oxygen atoms in total. The van der Waals surface area contributed by atoms with Crippen LogP contribution in [-0.2, 0) is 16.4 Å². The van der Waals surface area contributed by atoms with Gasteiger partial charge in [-0.05, 0) is 44.2 Å². The molecule has 0 atom stereocenters. The predicted octanol–water partition coefficient (Wildman–Crippen LogP) is 2.28. The maximum Gasteiger partial charge on any atom is 0.272 e. The van der Waals surface area contributed by atoms with Crippen molar-refractivity contribution in [2.24, 2.45) is 5.14 Å². The van der Waals surface area contributed by atoms with Gasteiger partial charge in [0.25, 0.3) is 5.91 Å². The van der Waals surface area contributed by atoms with Gasteiger partial charge in [0.15, 0.2) is 0 Å². The number of hydrogen-bond donors (Lipinski definition) is 2. The maximum atomic E-state index is 12.6. The zero-order valence-corrected chi connectivity index (χ0v) is 20.7. The molecule has 1 aromatic carbocycles. The number of aromatic nitrogens is 2. The van der Waals surface area contributed by atoms with Crippen LogP contribution in [0.5, 0.6) is 5.75 Å². The fourth-order valence-corrected chi connectivity index (χ4v) is 5.02. The second-order valence-corrected chi connectivity index (χ2v) is 10.8. The number of carbonyl (C=O) groups excluding carboxylic acids is 1. The number of ether oxygens (including phenoxy) is 1. The van der Waals surface area contributed by atoms with Crippen molar-refractivity contribution in [2.75, 3.05) is 26.2 Å². The molecule has 3 aromatic rings. The van der Waals surface area contributed by atoms with Crippen molar-refractivity contribution in [1.82, 2.24) is 20.2 Å². The predicted molar refractivity (Wildman–Crippen MR) is 131 cm³/mol. The molecule has 1 amide bonds. The van der Waals surface area contributed by atoms with Crippen LogP contribution in [0.25, 0.3) is 11.3 Å². The van der Waals surface area contributed by atoms with Gasteiger partial charge in [-0.3, -0.25) is 9.78 Å². The number of benzene rings is 1. The van der Waals surface area contributed by atoms with E-state index >= 15 is 0 Å². The van der Waals surface area contributed by atoms with Crippen LogP contribution < -0.4 is 15.2 Å². The van der Waals surface area contributed by atoms with Crippen LogP contribution >= 0.6 is 11.3 Å². The standard InChI is InChI=1S/C23H27N5O4S2/c1-15(2)32-21-6-4-18(34(24,30)31)11-17(21)12-22-27-20(14-33-22)16-3-5-19(26-13-16)23(29)28-9-7-25-8-10-28/h3-6,11,13-15,25H,7-10,12H2,1-2H3,(H2,24,30,31). The number of pyridine rings is 1. The molecule has 34 heavy (non-hydrogen) atoms. The molecule has 2 aromatic heterocycles. The lowest BCUT2D eigenvalue weighted by molar-refractivity contribution is 0.0730. The third-order valence-corrected chi connectivity index (χ3v) is 7.06. The van der Waals surface area contributed by atoms with Crippen LogP contribution in [-0.4, -0.2) is 61.5 Å². The molecule has 180 valence electrons. The van der Waals surface area contributed by atoms with Crippen LogP contribution in [0.3, 0.4) is 0 Å². The Morgan fingerprint density at radius 3 is 2.65 bits per heavy atom. The largest absolute Gasteiger partial charge is 0.491 e. The number of hydrogen-bond acceptors (Lipinski definition) is 8. The fourth-order valence-electron chi connectivity index (χ4n) is 3.63. The fraction of sp³-hybridized carbons (Fsp3) is 0.348. The van der Waals surface area contributed by atoms with Crippen molar-refractivity contribution >= 4 is 27.3 Å². The average Bonchev–Trinajstić information content (AvgIpc) is 3.28. The topological polar surface area (TPSA) is 128 Å². The summed E-state index contributed by atoms with van der Waals surface area (Å²) < 4.78 is 29.5. The summed E-state index contributed by atoms with van der Waals surface area (Å²) in [5.41, 5.74) is 2.64. The van der Waals surface area contributed by atoms with E-state index in [0.29, 0.717) is 36.5 Å². The smallest absolute Gasteiger partial charge is 0.272 e. The Kier molecular flexibility index (Phi) is 7.27. The molecule has 3 N–H and O–H groups in total. The minimum Gasteiger partial charge on any atom is -0.491 e. The number of nitrogens with one attached hydrogen (secondary N) is 1. The number of thiazole rings is 1. The molecule has 1 aliphatic heterocycles. The minimum atomic E-state index is -3.84. The summed E-state index contributed by atoms with van der Waals surface area (Å²) in [6, 6.07) is 8.17. The number of nitrogens with zero attached hydrogens (tertiary/aromatic N) is 3. The highest BCUT2D eigenvalue weighted by Gasteiger charge is 2.19. The lowest BCUT2D eigenvalue weighted by Crippen LogP contribution is -2.46. The van der Waals surface area contributed by atoms with Crippen molar-refractivity contribution in [3.8, 4) is 17.0 Å². The summed E-state index contributed by atoms with van der Waals surface area (Å²) in [4.78, 5) is 23.5. The van der Waals surface area contributed by atoms with E-state index in [0.717, 1.165) is 29.4 Å². The Bertz CT molecular complexity index is 1270. The molecular formula is C23H27N5O4S2. The van der Waals surface area contributed by atoms with Gasteiger partial charge in [0.1, 0.15) is 11.4 Å². The lowest BCUT2D eigenvalue weighted by Gasteiger charge is -2.27. The van der Waals surface area contributed by atoms with Crippen molar-refractivity contribution in [3.05, 3.63) is 58.2 Å². The molecule has 0 unspecified atom stereocenters. The van der Waals surface area contributed by atoms with Gasteiger partial charge in [-0.25, -0.2) is 18.5 Å². The number of carbonyl (C=O) groups is 1. The second kappa shape index (κ2) is 10.2. The SMILES string of the molecule is CC(C)Oc1ccc(S(N)(=O)=O)cc1Cc1nc(-c2ccc(C(=O)N3CCNCC3)nc2)cs1. The summed E-state index contributed by atoms with van der Waals surface area (Å²) in [5, 5.41) is 11.2. The van der Waals surface area contributed by atoms with Gasteiger partial charge in [0.05, 0.1) is 21.7 Å². The monoisotopic (exact) mass is 501 g/mol. The molecule has 1 aliphatic rings. The highest BCUT2D eigenvalue weighted by atomic mass is 32.2. The van der Waals surface area contributed by atoms with Gasteiger partial charge in [0.2, 0.25) is 10.0 Å². The molecule has 11 heteroatoms. The molecule has 1 saturated heterocycles. The summed E-state index contributed by atoms with van der Waals surface area (Å²) in [5.74, 6) is 0.524. The molecule has 4 rings (SSSR count). The quantitative estimate of drug-likeness (QED) is 0.508. The number of rotatable bonds is 7. The molecule has 0 radical (unpaired) electrons. The summed E-state index contributed by atoms with van der Waals surface area (Å²) in [7, 11) is -3.84. The van der Waals surface area contributed by atoms with Gasteiger partial charge >= 0.3 is 0 Å². The van der Waals surface area contributed by atoms with E-state index < -0.39 is 10.0 Å². The summed E-state index contributed by atoms with van der Waals surface area (Å²) in [6.45, 7) is 6.73. The van der Waals surface area contributed by atoms with Crippen molar-refractivity contribution in [1.29, 1.82) is 0 Å².